The lowest BCUT2D eigenvalue weighted by molar-refractivity contribution is -0.119. The van der Waals surface area contributed by atoms with Crippen molar-refractivity contribution in [2.75, 3.05) is 25.6 Å². The minimum Gasteiger partial charge on any atom is -0.493 e. The molecule has 0 bridgehead atoms. The maximum Gasteiger partial charge on any atom is 0.338 e. The smallest absolute Gasteiger partial charge is 0.338 e. The van der Waals surface area contributed by atoms with Gasteiger partial charge >= 0.3 is 5.97 Å². The van der Waals surface area contributed by atoms with Gasteiger partial charge in [-0.1, -0.05) is 32.0 Å². The van der Waals surface area contributed by atoms with Crippen LogP contribution in [-0.4, -0.2) is 32.2 Å². The fraction of sp³-hybridized carbons (Fsp3) is 0.364. The van der Waals surface area contributed by atoms with Gasteiger partial charge in [0.25, 0.3) is 5.91 Å². The first kappa shape index (κ1) is 21.3. The average molecular weight is 385 g/mol. The highest BCUT2D eigenvalue weighted by Crippen LogP contribution is 2.28. The predicted molar refractivity (Wildman–Crippen MR) is 108 cm³/mol. The van der Waals surface area contributed by atoms with Crippen LogP contribution in [0.4, 0.5) is 5.69 Å². The van der Waals surface area contributed by atoms with E-state index in [9.17, 15) is 9.59 Å². The second-order valence-electron chi connectivity index (χ2n) is 6.32. The molecule has 0 heterocycles. The van der Waals surface area contributed by atoms with Crippen LogP contribution in [0.5, 0.6) is 11.5 Å². The fourth-order valence-electron chi connectivity index (χ4n) is 2.73. The van der Waals surface area contributed by atoms with Gasteiger partial charge < -0.3 is 19.5 Å². The minimum atomic E-state index is -0.605. The van der Waals surface area contributed by atoms with E-state index in [0.29, 0.717) is 24.0 Å². The lowest BCUT2D eigenvalue weighted by Gasteiger charge is -2.15. The second kappa shape index (κ2) is 10.3. The van der Waals surface area contributed by atoms with Crippen molar-refractivity contribution in [2.24, 2.45) is 0 Å². The zero-order valence-electron chi connectivity index (χ0n) is 16.8. The molecule has 1 amide bonds. The first-order chi connectivity index (χ1) is 13.5. The average Bonchev–Trinajstić information content (AvgIpc) is 2.72. The molecule has 2 rings (SSSR count). The van der Waals surface area contributed by atoms with Gasteiger partial charge in [-0.15, -0.1) is 0 Å². The highest BCUT2D eigenvalue weighted by atomic mass is 16.5. The van der Waals surface area contributed by atoms with Gasteiger partial charge in [-0.25, -0.2) is 4.79 Å². The van der Waals surface area contributed by atoms with Gasteiger partial charge in [-0.05, 0) is 49.1 Å². The van der Waals surface area contributed by atoms with Crippen molar-refractivity contribution in [3.8, 4) is 11.5 Å². The third-order valence-corrected chi connectivity index (χ3v) is 4.41. The van der Waals surface area contributed by atoms with Gasteiger partial charge in [0.15, 0.2) is 18.1 Å². The monoisotopic (exact) mass is 385 g/mol. The molecule has 150 valence electrons. The maximum absolute atomic E-state index is 12.3. The Morgan fingerprint density at radius 1 is 1.07 bits per heavy atom. The van der Waals surface area contributed by atoms with Gasteiger partial charge in [0.05, 0.1) is 19.3 Å². The van der Waals surface area contributed by atoms with Gasteiger partial charge in [0.1, 0.15) is 0 Å². The number of methoxy groups -OCH3 is 1. The Hall–Kier alpha value is -3.02. The molecule has 6 heteroatoms. The molecule has 2 aromatic carbocycles. The molecular weight excluding hydrogens is 358 g/mol. The quantitative estimate of drug-likeness (QED) is 0.648. The Labute approximate surface area is 165 Å². The number of hydrogen-bond donors (Lipinski definition) is 1. The highest BCUT2D eigenvalue weighted by molar-refractivity contribution is 5.96. The van der Waals surface area contributed by atoms with Crippen LogP contribution < -0.4 is 14.8 Å². The van der Waals surface area contributed by atoms with Crippen LogP contribution in [0.25, 0.3) is 0 Å². The van der Waals surface area contributed by atoms with E-state index in [4.69, 9.17) is 14.2 Å². The summed E-state index contributed by atoms with van der Waals surface area (Å²) in [6.07, 6.45) is 0.960. The number of carbonyl (C=O) groups excluding carboxylic acids is 2. The van der Waals surface area contributed by atoms with Crippen LogP contribution in [0, 0.1) is 0 Å². The molecule has 1 atom stereocenters. The molecule has 0 saturated carbocycles. The molecule has 2 aromatic rings. The Kier molecular flexibility index (Phi) is 7.87. The summed E-state index contributed by atoms with van der Waals surface area (Å²) in [4.78, 5) is 24.5. The van der Waals surface area contributed by atoms with Crippen LogP contribution in [0.2, 0.25) is 0 Å². The summed E-state index contributed by atoms with van der Waals surface area (Å²) in [6, 6.07) is 12.4. The summed E-state index contributed by atoms with van der Waals surface area (Å²) in [5, 5.41) is 2.82. The highest BCUT2D eigenvalue weighted by Gasteiger charge is 2.15. The molecule has 0 radical (unpaired) electrons. The number of esters is 1. The number of nitrogens with one attached hydrogen (secondary N) is 1. The lowest BCUT2D eigenvalue weighted by Crippen LogP contribution is -2.21. The molecule has 0 aliphatic heterocycles. The van der Waals surface area contributed by atoms with E-state index in [2.05, 4.69) is 19.2 Å². The van der Waals surface area contributed by atoms with E-state index in [1.165, 1.54) is 13.2 Å². The van der Waals surface area contributed by atoms with Crippen molar-refractivity contribution in [3.05, 3.63) is 53.6 Å². The number of benzene rings is 2. The Balaban J connectivity index is 1.99. The number of para-hydroxylation sites is 1. The van der Waals surface area contributed by atoms with Crippen molar-refractivity contribution in [1.82, 2.24) is 0 Å². The molecule has 6 nitrogen and oxygen atoms in total. The SMILES string of the molecule is CCOc1ccc(C(=O)OCC(=O)Nc2ccccc2[C@H](C)CC)cc1OC. The number of hydrogen-bond acceptors (Lipinski definition) is 5. The molecule has 0 spiro atoms. The topological polar surface area (TPSA) is 73.9 Å². The fourth-order valence-corrected chi connectivity index (χ4v) is 2.73. The van der Waals surface area contributed by atoms with Gasteiger partial charge in [0, 0.05) is 5.69 Å². The van der Waals surface area contributed by atoms with E-state index >= 15 is 0 Å². The molecule has 0 aromatic heterocycles. The normalized spacial score (nSPS) is 11.4. The molecule has 0 saturated heterocycles. The molecule has 0 aliphatic rings. The summed E-state index contributed by atoms with van der Waals surface area (Å²) in [5.41, 5.74) is 2.08. The van der Waals surface area contributed by atoms with Gasteiger partial charge in [-0.2, -0.15) is 0 Å². The number of rotatable bonds is 9. The summed E-state index contributed by atoms with van der Waals surface area (Å²) < 4.78 is 15.8. The largest absolute Gasteiger partial charge is 0.493 e. The van der Waals surface area contributed by atoms with Crippen molar-refractivity contribution in [3.63, 3.8) is 0 Å². The van der Waals surface area contributed by atoms with Crippen molar-refractivity contribution in [1.29, 1.82) is 0 Å². The summed E-state index contributed by atoms with van der Waals surface area (Å²) in [6.45, 7) is 6.17. The summed E-state index contributed by atoms with van der Waals surface area (Å²) in [7, 11) is 1.50. The Morgan fingerprint density at radius 3 is 2.50 bits per heavy atom. The lowest BCUT2D eigenvalue weighted by atomic mass is 9.97. The third-order valence-electron chi connectivity index (χ3n) is 4.41. The number of amides is 1. The molecule has 1 N–H and O–H groups in total. The van der Waals surface area contributed by atoms with Crippen LogP contribution in [-0.2, 0) is 9.53 Å². The molecular formula is C22H27NO5. The second-order valence-corrected chi connectivity index (χ2v) is 6.32. The molecule has 28 heavy (non-hydrogen) atoms. The minimum absolute atomic E-state index is 0.285. The molecule has 0 fully saturated rings. The summed E-state index contributed by atoms with van der Waals surface area (Å²) >= 11 is 0. The standard InChI is InChI=1S/C22H27NO5/c1-5-15(3)17-9-7-8-10-18(17)23-21(24)14-28-22(25)16-11-12-19(27-6-2)20(13-16)26-4/h7-13,15H,5-6,14H2,1-4H3,(H,23,24)/t15-/m1/s1. The zero-order chi connectivity index (χ0) is 20.5. The third kappa shape index (κ3) is 5.49. The van der Waals surface area contributed by atoms with Crippen LogP contribution >= 0.6 is 0 Å². The zero-order valence-corrected chi connectivity index (χ0v) is 16.8. The number of anilines is 1. The van der Waals surface area contributed by atoms with E-state index in [1.54, 1.807) is 12.1 Å². The maximum atomic E-state index is 12.3. The molecule has 0 unspecified atom stereocenters. The molecule has 0 aliphatic carbocycles. The number of ether oxygens (including phenoxy) is 3. The Morgan fingerprint density at radius 2 is 1.82 bits per heavy atom. The van der Waals surface area contributed by atoms with Gasteiger partial charge in [0.2, 0.25) is 0 Å². The van der Waals surface area contributed by atoms with E-state index < -0.39 is 5.97 Å². The first-order valence-electron chi connectivity index (χ1n) is 9.36. The van der Waals surface area contributed by atoms with E-state index in [0.717, 1.165) is 17.7 Å². The number of carbonyl (C=O) groups is 2. The van der Waals surface area contributed by atoms with Gasteiger partial charge in [-0.3, -0.25) is 4.79 Å². The van der Waals surface area contributed by atoms with Crippen LogP contribution in [0.1, 0.15) is 49.0 Å². The van der Waals surface area contributed by atoms with Crippen molar-refractivity contribution < 1.29 is 23.8 Å². The summed E-state index contributed by atoms with van der Waals surface area (Å²) in [5.74, 6) is 0.299. The van der Waals surface area contributed by atoms with E-state index in [1.807, 2.05) is 31.2 Å². The first-order valence-corrected chi connectivity index (χ1v) is 9.36. The van der Waals surface area contributed by atoms with Crippen molar-refractivity contribution >= 4 is 17.6 Å². The van der Waals surface area contributed by atoms with Crippen LogP contribution in [0.3, 0.4) is 0 Å². The predicted octanol–water partition coefficient (Wildman–Crippen LogP) is 4.40. The van der Waals surface area contributed by atoms with Crippen molar-refractivity contribution in [2.45, 2.75) is 33.1 Å². The van der Waals surface area contributed by atoms with E-state index in [-0.39, 0.29) is 18.1 Å². The van der Waals surface area contributed by atoms with Crippen LogP contribution in [0.15, 0.2) is 42.5 Å². The Bertz CT molecular complexity index is 818.